The lowest BCUT2D eigenvalue weighted by Gasteiger charge is -2.15. The fourth-order valence-corrected chi connectivity index (χ4v) is 2.58. The summed E-state index contributed by atoms with van der Waals surface area (Å²) in [7, 11) is 4.66. The molecule has 0 aromatic heterocycles. The predicted octanol–water partition coefficient (Wildman–Crippen LogP) is 3.86. The number of guanidine groups is 1. The van der Waals surface area contributed by atoms with Crippen molar-refractivity contribution in [2.75, 3.05) is 27.9 Å². The Morgan fingerprint density at radius 3 is 2.17 bits per heavy atom. The van der Waals surface area contributed by atoms with E-state index in [1.165, 1.54) is 0 Å². The first kappa shape index (κ1) is 24.7. The molecule has 0 saturated heterocycles. The molecule has 0 aliphatic heterocycles. The molecule has 0 bridgehead atoms. The van der Waals surface area contributed by atoms with Crippen molar-refractivity contribution >= 4 is 29.9 Å². The maximum atomic E-state index is 13.8. The molecule has 2 rings (SSSR count). The van der Waals surface area contributed by atoms with Crippen LogP contribution in [-0.2, 0) is 13.1 Å². The number of benzene rings is 2. The second-order valence-corrected chi connectivity index (χ2v) is 5.80. The van der Waals surface area contributed by atoms with E-state index < -0.39 is 11.6 Å². The van der Waals surface area contributed by atoms with Gasteiger partial charge in [-0.05, 0) is 31.2 Å². The van der Waals surface area contributed by atoms with Gasteiger partial charge in [-0.15, -0.1) is 24.0 Å². The molecule has 9 heteroatoms. The van der Waals surface area contributed by atoms with Crippen molar-refractivity contribution < 1.29 is 23.0 Å². The molecule has 0 aliphatic carbocycles. The lowest BCUT2D eigenvalue weighted by Crippen LogP contribution is -2.37. The topological polar surface area (TPSA) is 64.1 Å². The van der Waals surface area contributed by atoms with Gasteiger partial charge in [0.2, 0.25) is 0 Å². The van der Waals surface area contributed by atoms with E-state index in [9.17, 15) is 8.78 Å². The molecular weight excluding hydrogens is 495 g/mol. The summed E-state index contributed by atoms with van der Waals surface area (Å²) in [6, 6.07) is 6.86. The van der Waals surface area contributed by atoms with E-state index >= 15 is 0 Å². The van der Waals surface area contributed by atoms with Crippen LogP contribution in [0.2, 0.25) is 0 Å². The number of hydrogen-bond donors (Lipinski definition) is 2. The van der Waals surface area contributed by atoms with Gasteiger partial charge in [-0.25, -0.2) is 13.8 Å². The van der Waals surface area contributed by atoms with E-state index in [-0.39, 0.29) is 42.6 Å². The van der Waals surface area contributed by atoms with Gasteiger partial charge in [-0.3, -0.25) is 0 Å². The molecule has 0 atom stereocenters. The summed E-state index contributed by atoms with van der Waals surface area (Å²) < 4.78 is 43.1. The van der Waals surface area contributed by atoms with Crippen molar-refractivity contribution in [3.63, 3.8) is 0 Å². The number of hydrogen-bond acceptors (Lipinski definition) is 4. The van der Waals surface area contributed by atoms with Crippen LogP contribution >= 0.6 is 24.0 Å². The Morgan fingerprint density at radius 2 is 1.55 bits per heavy atom. The average molecular weight is 521 g/mol. The van der Waals surface area contributed by atoms with Crippen molar-refractivity contribution in [2.24, 2.45) is 4.99 Å². The molecule has 6 nitrogen and oxygen atoms in total. The van der Waals surface area contributed by atoms with Gasteiger partial charge in [0.05, 0.1) is 27.9 Å². The van der Waals surface area contributed by atoms with E-state index in [1.54, 1.807) is 33.5 Å². The number of nitrogens with zero attached hydrogens (tertiary/aromatic N) is 1. The van der Waals surface area contributed by atoms with Crippen molar-refractivity contribution in [3.05, 3.63) is 53.1 Å². The summed E-state index contributed by atoms with van der Waals surface area (Å²) in [5.74, 6) is 1.21. The summed E-state index contributed by atoms with van der Waals surface area (Å²) in [6.07, 6.45) is 0. The standard InChI is InChI=1S/C20H25F2N3O3.HI/c1-5-23-20(24-11-13-8-15(21)6-7-16(13)22)25-12-14-9-18(27-3)19(28-4)10-17(14)26-2;/h6-10H,5,11-12H2,1-4H3,(H2,23,24,25);1H. The Balaban J connectivity index is 0.00000420. The number of nitrogens with one attached hydrogen (secondary N) is 2. The lowest BCUT2D eigenvalue weighted by atomic mass is 10.1. The number of halogens is 3. The summed E-state index contributed by atoms with van der Waals surface area (Å²) in [5, 5.41) is 6.07. The fraction of sp³-hybridized carbons (Fsp3) is 0.350. The zero-order valence-corrected chi connectivity index (χ0v) is 19.2. The third-order valence-electron chi connectivity index (χ3n) is 3.99. The molecule has 0 heterocycles. The van der Waals surface area contributed by atoms with Gasteiger partial charge < -0.3 is 24.8 Å². The summed E-state index contributed by atoms with van der Waals surface area (Å²) in [4.78, 5) is 4.49. The molecule has 0 saturated carbocycles. The molecule has 2 aromatic rings. The smallest absolute Gasteiger partial charge is 0.191 e. The van der Waals surface area contributed by atoms with Crippen LogP contribution in [0.15, 0.2) is 35.3 Å². The van der Waals surface area contributed by atoms with Crippen LogP contribution in [0.25, 0.3) is 0 Å². The van der Waals surface area contributed by atoms with Gasteiger partial charge in [0.1, 0.15) is 17.4 Å². The van der Waals surface area contributed by atoms with Crippen LogP contribution in [0.4, 0.5) is 8.78 Å². The quantitative estimate of drug-likeness (QED) is 0.314. The number of methoxy groups -OCH3 is 3. The number of ether oxygens (including phenoxy) is 3. The van der Waals surface area contributed by atoms with Gasteiger partial charge >= 0.3 is 0 Å². The minimum Gasteiger partial charge on any atom is -0.496 e. The maximum Gasteiger partial charge on any atom is 0.191 e. The molecule has 29 heavy (non-hydrogen) atoms. The van der Waals surface area contributed by atoms with Gasteiger partial charge in [0.15, 0.2) is 17.5 Å². The third-order valence-corrected chi connectivity index (χ3v) is 3.99. The molecule has 2 N–H and O–H groups in total. The molecule has 0 aliphatic rings. The van der Waals surface area contributed by atoms with Crippen molar-refractivity contribution in [1.82, 2.24) is 10.6 Å². The van der Waals surface area contributed by atoms with E-state index in [1.807, 2.05) is 6.92 Å². The van der Waals surface area contributed by atoms with Gasteiger partial charge in [0.25, 0.3) is 0 Å². The normalized spacial score (nSPS) is 10.8. The second kappa shape index (κ2) is 12.3. The molecule has 0 unspecified atom stereocenters. The highest BCUT2D eigenvalue weighted by Gasteiger charge is 2.12. The molecule has 2 aromatic carbocycles. The summed E-state index contributed by atoms with van der Waals surface area (Å²) >= 11 is 0. The molecule has 0 amide bonds. The lowest BCUT2D eigenvalue weighted by molar-refractivity contribution is 0.347. The van der Waals surface area contributed by atoms with Crippen LogP contribution in [0, 0.1) is 11.6 Å². The van der Waals surface area contributed by atoms with Gasteiger partial charge in [-0.1, -0.05) is 0 Å². The highest BCUT2D eigenvalue weighted by Crippen LogP contribution is 2.34. The highest BCUT2D eigenvalue weighted by atomic mass is 127. The Bertz CT molecular complexity index is 835. The largest absolute Gasteiger partial charge is 0.496 e. The maximum absolute atomic E-state index is 13.8. The first-order chi connectivity index (χ1) is 13.5. The van der Waals surface area contributed by atoms with Crippen LogP contribution < -0.4 is 24.8 Å². The monoisotopic (exact) mass is 521 g/mol. The van der Waals surface area contributed by atoms with Crippen molar-refractivity contribution in [3.8, 4) is 17.2 Å². The molecule has 0 radical (unpaired) electrons. The Labute approximate surface area is 186 Å². The molecular formula is C20H26F2IN3O3. The van der Waals surface area contributed by atoms with Crippen LogP contribution in [-0.4, -0.2) is 33.8 Å². The van der Waals surface area contributed by atoms with Crippen molar-refractivity contribution in [1.29, 1.82) is 0 Å². The Hall–Kier alpha value is -2.30. The molecule has 160 valence electrons. The van der Waals surface area contributed by atoms with Crippen LogP contribution in [0.3, 0.4) is 0 Å². The van der Waals surface area contributed by atoms with Gasteiger partial charge in [0, 0.05) is 30.3 Å². The molecule has 0 fully saturated rings. The predicted molar refractivity (Wildman–Crippen MR) is 120 cm³/mol. The summed E-state index contributed by atoms with van der Waals surface area (Å²) in [6.45, 7) is 2.90. The number of rotatable bonds is 8. The SMILES string of the molecule is CCNC(=NCc1cc(OC)c(OC)cc1OC)NCc1cc(F)ccc1F.I. The summed E-state index contributed by atoms with van der Waals surface area (Å²) in [5.41, 5.74) is 1.00. The second-order valence-electron chi connectivity index (χ2n) is 5.80. The van der Waals surface area contributed by atoms with Crippen molar-refractivity contribution in [2.45, 2.75) is 20.0 Å². The first-order valence-corrected chi connectivity index (χ1v) is 8.77. The Morgan fingerprint density at radius 1 is 0.897 bits per heavy atom. The zero-order valence-electron chi connectivity index (χ0n) is 16.8. The van der Waals surface area contributed by atoms with E-state index in [0.717, 1.165) is 23.8 Å². The van der Waals surface area contributed by atoms with Crippen LogP contribution in [0.1, 0.15) is 18.1 Å². The van der Waals surface area contributed by atoms with E-state index in [0.29, 0.717) is 29.8 Å². The Kier molecular flexibility index (Phi) is 10.5. The first-order valence-electron chi connectivity index (χ1n) is 8.77. The minimum absolute atomic E-state index is 0. The number of aliphatic imine (C=N–C) groups is 1. The van der Waals surface area contributed by atoms with Crippen LogP contribution in [0.5, 0.6) is 17.2 Å². The highest BCUT2D eigenvalue weighted by molar-refractivity contribution is 14.0. The van der Waals surface area contributed by atoms with Gasteiger partial charge in [-0.2, -0.15) is 0 Å². The van der Waals surface area contributed by atoms with E-state index in [4.69, 9.17) is 14.2 Å². The molecule has 0 spiro atoms. The zero-order chi connectivity index (χ0) is 20.5. The fourth-order valence-electron chi connectivity index (χ4n) is 2.58. The minimum atomic E-state index is -0.491. The van der Waals surface area contributed by atoms with E-state index in [2.05, 4.69) is 15.6 Å². The third kappa shape index (κ3) is 6.91. The average Bonchev–Trinajstić information content (AvgIpc) is 2.71.